The smallest absolute Gasteiger partial charge is 0.408 e. The van der Waals surface area contributed by atoms with Gasteiger partial charge in [-0.2, -0.15) is 11.8 Å². The van der Waals surface area contributed by atoms with E-state index in [9.17, 15) is 19.2 Å². The van der Waals surface area contributed by atoms with E-state index in [0.29, 0.717) is 17.7 Å². The molecular weight excluding hydrogens is 602 g/mol. The molecule has 2 aromatic carbocycles. The van der Waals surface area contributed by atoms with E-state index >= 15 is 0 Å². The van der Waals surface area contributed by atoms with Gasteiger partial charge in [0.2, 0.25) is 11.8 Å². The topological polar surface area (TPSA) is 114 Å². The van der Waals surface area contributed by atoms with E-state index in [1.54, 1.807) is 58.2 Å². The summed E-state index contributed by atoms with van der Waals surface area (Å²) in [5.74, 6) is -0.794. The molecule has 1 aliphatic carbocycles. The molecule has 252 valence electrons. The molecular formula is C36H51N3O6S. The highest BCUT2D eigenvalue weighted by Crippen LogP contribution is 2.36. The monoisotopic (exact) mass is 653 g/mol. The van der Waals surface area contributed by atoms with Crippen LogP contribution in [0.5, 0.6) is 0 Å². The number of rotatable bonds is 13. The second kappa shape index (κ2) is 15.8. The summed E-state index contributed by atoms with van der Waals surface area (Å²) >= 11 is 1.56. The summed E-state index contributed by atoms with van der Waals surface area (Å²) in [6.45, 7) is 14.5. The fourth-order valence-corrected chi connectivity index (χ4v) is 5.74. The minimum absolute atomic E-state index is 0.199. The Hall–Kier alpha value is -3.53. The minimum Gasteiger partial charge on any atom is -0.458 e. The Labute approximate surface area is 278 Å². The van der Waals surface area contributed by atoms with Crippen molar-refractivity contribution in [1.29, 1.82) is 0 Å². The molecule has 2 aromatic rings. The van der Waals surface area contributed by atoms with Crippen LogP contribution in [-0.2, 0) is 30.3 Å². The maximum atomic E-state index is 14.5. The number of hydrogen-bond acceptors (Lipinski definition) is 7. The molecule has 0 aromatic heterocycles. The molecule has 3 rings (SSSR count). The summed E-state index contributed by atoms with van der Waals surface area (Å²) in [4.78, 5) is 57.0. The fraction of sp³-hybridized carbons (Fsp3) is 0.556. The SMILES string of the molecule is CSCCC(NC(=O)OC(C)(C)C)C(=O)N(C1CC1)C(C(=O)NC(Cc1ccccc1)C(=O)OC(C)(C)C)c1cc(C)cc(C)c1. The number of nitrogens with zero attached hydrogens (tertiary/aromatic N) is 1. The van der Waals surface area contributed by atoms with Crippen molar-refractivity contribution in [3.05, 3.63) is 70.8 Å². The van der Waals surface area contributed by atoms with Gasteiger partial charge >= 0.3 is 12.1 Å². The number of ether oxygens (including phenoxy) is 2. The second-order valence-corrected chi connectivity index (χ2v) is 15.1. The number of nitrogens with one attached hydrogen (secondary N) is 2. The lowest BCUT2D eigenvalue weighted by Gasteiger charge is -2.36. The summed E-state index contributed by atoms with van der Waals surface area (Å²) in [5, 5.41) is 5.76. The molecule has 3 unspecified atom stereocenters. The van der Waals surface area contributed by atoms with Gasteiger partial charge < -0.3 is 25.0 Å². The summed E-state index contributed by atoms with van der Waals surface area (Å²) in [6, 6.07) is 12.1. The molecule has 3 amide bonds. The molecule has 0 bridgehead atoms. The van der Waals surface area contributed by atoms with Gasteiger partial charge in [-0.3, -0.25) is 9.59 Å². The number of amides is 3. The number of thioether (sulfide) groups is 1. The van der Waals surface area contributed by atoms with Crippen LogP contribution in [0.15, 0.2) is 48.5 Å². The minimum atomic E-state index is -1.04. The van der Waals surface area contributed by atoms with Gasteiger partial charge in [0.15, 0.2) is 0 Å². The first kappa shape index (κ1) is 36.9. The number of carbonyl (C=O) groups excluding carboxylic acids is 4. The Bertz CT molecular complexity index is 1340. The number of carbonyl (C=O) groups is 4. The average molecular weight is 654 g/mol. The summed E-state index contributed by atoms with van der Waals surface area (Å²) in [6.07, 6.45) is 3.27. The Morgan fingerprint density at radius 2 is 1.46 bits per heavy atom. The van der Waals surface area contributed by atoms with Crippen molar-refractivity contribution in [3.8, 4) is 0 Å². The van der Waals surface area contributed by atoms with Crippen molar-refractivity contribution in [2.75, 3.05) is 12.0 Å². The van der Waals surface area contributed by atoms with E-state index in [1.807, 2.05) is 68.6 Å². The molecule has 9 nitrogen and oxygen atoms in total. The number of aryl methyl sites for hydroxylation is 2. The van der Waals surface area contributed by atoms with E-state index in [-0.39, 0.29) is 18.4 Å². The third-order valence-electron chi connectivity index (χ3n) is 7.17. The van der Waals surface area contributed by atoms with Gasteiger partial charge in [-0.05, 0) is 97.8 Å². The van der Waals surface area contributed by atoms with Crippen LogP contribution < -0.4 is 10.6 Å². The molecule has 46 heavy (non-hydrogen) atoms. The van der Waals surface area contributed by atoms with Crippen molar-refractivity contribution < 1.29 is 28.7 Å². The van der Waals surface area contributed by atoms with Gasteiger partial charge in [-0.25, -0.2) is 9.59 Å². The maximum absolute atomic E-state index is 14.5. The lowest BCUT2D eigenvalue weighted by atomic mass is 9.97. The molecule has 10 heteroatoms. The first-order valence-corrected chi connectivity index (χ1v) is 17.3. The molecule has 1 saturated carbocycles. The molecule has 2 N–H and O–H groups in total. The van der Waals surface area contributed by atoms with Crippen LogP contribution in [-0.4, -0.2) is 70.1 Å². The highest BCUT2D eigenvalue weighted by molar-refractivity contribution is 7.98. The molecule has 1 aliphatic rings. The van der Waals surface area contributed by atoms with E-state index in [1.165, 1.54) is 0 Å². The summed E-state index contributed by atoms with van der Waals surface area (Å²) < 4.78 is 11.2. The highest BCUT2D eigenvalue weighted by Gasteiger charge is 2.45. The summed E-state index contributed by atoms with van der Waals surface area (Å²) in [5.41, 5.74) is 1.86. The zero-order chi connectivity index (χ0) is 34.2. The van der Waals surface area contributed by atoms with Crippen LogP contribution in [0.3, 0.4) is 0 Å². The van der Waals surface area contributed by atoms with Crippen LogP contribution in [0.1, 0.15) is 89.1 Å². The molecule has 0 spiro atoms. The van der Waals surface area contributed by atoms with Crippen LogP contribution in [0.2, 0.25) is 0 Å². The van der Waals surface area contributed by atoms with Gasteiger partial charge in [0.05, 0.1) is 0 Å². The van der Waals surface area contributed by atoms with Crippen LogP contribution in [0.4, 0.5) is 4.79 Å². The molecule has 0 heterocycles. The third kappa shape index (κ3) is 11.7. The van der Waals surface area contributed by atoms with E-state index in [2.05, 4.69) is 10.6 Å². The highest BCUT2D eigenvalue weighted by atomic mass is 32.2. The van der Waals surface area contributed by atoms with Gasteiger partial charge in [-0.1, -0.05) is 59.7 Å². The second-order valence-electron chi connectivity index (χ2n) is 14.1. The normalized spacial score (nSPS) is 15.2. The molecule has 0 aliphatic heterocycles. The number of benzene rings is 2. The first-order valence-electron chi connectivity index (χ1n) is 15.9. The van der Waals surface area contributed by atoms with Crippen molar-refractivity contribution in [2.24, 2.45) is 0 Å². The Balaban J connectivity index is 2.05. The predicted octanol–water partition coefficient (Wildman–Crippen LogP) is 6.05. The van der Waals surface area contributed by atoms with Crippen molar-refractivity contribution in [1.82, 2.24) is 15.5 Å². The van der Waals surface area contributed by atoms with E-state index in [0.717, 1.165) is 29.5 Å². The number of alkyl carbamates (subject to hydrolysis) is 1. The lowest BCUT2D eigenvalue weighted by molar-refractivity contribution is -0.159. The lowest BCUT2D eigenvalue weighted by Crippen LogP contribution is -2.55. The van der Waals surface area contributed by atoms with Gasteiger partial charge in [0.25, 0.3) is 0 Å². The van der Waals surface area contributed by atoms with Crippen LogP contribution in [0, 0.1) is 13.8 Å². The Morgan fingerprint density at radius 3 is 1.98 bits per heavy atom. The van der Waals surface area contributed by atoms with Gasteiger partial charge in [0, 0.05) is 12.5 Å². The van der Waals surface area contributed by atoms with E-state index < -0.39 is 47.3 Å². The zero-order valence-electron chi connectivity index (χ0n) is 28.8. The van der Waals surface area contributed by atoms with Gasteiger partial charge in [0.1, 0.15) is 29.3 Å². The number of hydrogen-bond donors (Lipinski definition) is 2. The zero-order valence-corrected chi connectivity index (χ0v) is 29.6. The fourth-order valence-electron chi connectivity index (χ4n) is 5.27. The van der Waals surface area contributed by atoms with Crippen LogP contribution >= 0.6 is 11.8 Å². The van der Waals surface area contributed by atoms with E-state index in [4.69, 9.17) is 9.47 Å². The van der Waals surface area contributed by atoms with Gasteiger partial charge in [-0.15, -0.1) is 0 Å². The standard InChI is InChI=1S/C36H51N3O6S/c1-23-19-24(2)21-26(20-23)30(31(40)37-29(33(42)44-35(3,4)5)22-25-13-11-10-12-14-25)39(27-15-16-27)32(41)28(17-18-46-9)38-34(43)45-36(6,7)8/h10-14,19-21,27-30H,15-18,22H2,1-9H3,(H,37,40)(H,38,43). The van der Waals surface area contributed by atoms with Crippen molar-refractivity contribution >= 4 is 35.6 Å². The third-order valence-corrected chi connectivity index (χ3v) is 7.82. The summed E-state index contributed by atoms with van der Waals surface area (Å²) in [7, 11) is 0. The maximum Gasteiger partial charge on any atom is 0.408 e. The average Bonchev–Trinajstić information content (AvgIpc) is 3.76. The quantitative estimate of drug-likeness (QED) is 0.253. The molecule has 3 atom stereocenters. The van der Waals surface area contributed by atoms with Crippen molar-refractivity contribution in [3.63, 3.8) is 0 Å². The Morgan fingerprint density at radius 1 is 0.870 bits per heavy atom. The first-order chi connectivity index (χ1) is 21.5. The molecule has 0 saturated heterocycles. The molecule has 1 fully saturated rings. The number of esters is 1. The Kier molecular flexibility index (Phi) is 12.7. The van der Waals surface area contributed by atoms with Crippen molar-refractivity contribution in [2.45, 2.75) is 116 Å². The largest absolute Gasteiger partial charge is 0.458 e. The predicted molar refractivity (Wildman–Crippen MR) is 183 cm³/mol. The molecule has 0 radical (unpaired) electrons. The van der Waals surface area contributed by atoms with Crippen LogP contribution in [0.25, 0.3) is 0 Å².